The Morgan fingerprint density at radius 2 is 2.23 bits per heavy atom. The third-order valence-corrected chi connectivity index (χ3v) is 5.06. The molecule has 0 saturated heterocycles. The van der Waals surface area contributed by atoms with Gasteiger partial charge >= 0.3 is 0 Å². The fourth-order valence-corrected chi connectivity index (χ4v) is 3.51. The minimum absolute atomic E-state index is 0.00752. The van der Waals surface area contributed by atoms with E-state index in [0.29, 0.717) is 28.9 Å². The summed E-state index contributed by atoms with van der Waals surface area (Å²) in [4.78, 5) is 14.8. The van der Waals surface area contributed by atoms with Gasteiger partial charge in [-0.15, -0.1) is 10.2 Å². The van der Waals surface area contributed by atoms with Gasteiger partial charge in [0.05, 0.1) is 10.7 Å². The standard InChI is InChI=1S/C16H16N6O3S/c1-2-21-15(10-6-7-10)18-19-16(21)26-9-13-17-14(20-25-13)11-4-3-5-12(8-11)22(23)24/h3-5,8,10H,2,6-7,9H2,1H3. The van der Waals surface area contributed by atoms with Gasteiger partial charge in [-0.25, -0.2) is 0 Å². The maximum Gasteiger partial charge on any atom is 0.270 e. The van der Waals surface area contributed by atoms with Crippen LogP contribution in [0, 0.1) is 10.1 Å². The van der Waals surface area contributed by atoms with Gasteiger partial charge in [0, 0.05) is 30.2 Å². The molecule has 0 spiro atoms. The van der Waals surface area contributed by atoms with E-state index in [2.05, 4.69) is 31.8 Å². The summed E-state index contributed by atoms with van der Waals surface area (Å²) in [6.45, 7) is 2.90. The van der Waals surface area contributed by atoms with E-state index < -0.39 is 4.92 Å². The quantitative estimate of drug-likeness (QED) is 0.352. The Kier molecular flexibility index (Phi) is 4.41. The van der Waals surface area contributed by atoms with Crippen LogP contribution in [-0.4, -0.2) is 29.8 Å². The summed E-state index contributed by atoms with van der Waals surface area (Å²) in [5, 5.41) is 24.2. The summed E-state index contributed by atoms with van der Waals surface area (Å²) < 4.78 is 7.40. The van der Waals surface area contributed by atoms with Crippen LogP contribution in [0.5, 0.6) is 0 Å². The molecular formula is C16H16N6O3S. The molecule has 1 fully saturated rings. The van der Waals surface area contributed by atoms with E-state index >= 15 is 0 Å². The van der Waals surface area contributed by atoms with Gasteiger partial charge in [0.15, 0.2) is 5.16 Å². The lowest BCUT2D eigenvalue weighted by molar-refractivity contribution is -0.384. The predicted molar refractivity (Wildman–Crippen MR) is 93.6 cm³/mol. The number of thioether (sulfide) groups is 1. The van der Waals surface area contributed by atoms with Crippen LogP contribution in [0.15, 0.2) is 33.9 Å². The number of nitrogens with zero attached hydrogens (tertiary/aromatic N) is 6. The van der Waals surface area contributed by atoms with Crippen LogP contribution in [0.2, 0.25) is 0 Å². The number of aromatic nitrogens is 5. The second-order valence-electron chi connectivity index (χ2n) is 5.97. The molecule has 0 N–H and O–H groups in total. The average Bonchev–Trinajstić information content (AvgIpc) is 3.24. The highest BCUT2D eigenvalue weighted by molar-refractivity contribution is 7.98. The number of hydrogen-bond acceptors (Lipinski definition) is 8. The zero-order valence-electron chi connectivity index (χ0n) is 14.0. The van der Waals surface area contributed by atoms with Gasteiger partial charge in [-0.3, -0.25) is 10.1 Å². The summed E-state index contributed by atoms with van der Waals surface area (Å²) >= 11 is 1.49. The van der Waals surface area contributed by atoms with Crippen molar-refractivity contribution in [1.29, 1.82) is 0 Å². The second-order valence-corrected chi connectivity index (χ2v) is 6.91. The average molecular weight is 372 g/mol. The normalized spacial score (nSPS) is 13.9. The van der Waals surface area contributed by atoms with Crippen LogP contribution in [0.4, 0.5) is 5.69 Å². The third kappa shape index (κ3) is 3.32. The first kappa shape index (κ1) is 16.7. The van der Waals surface area contributed by atoms with Crippen molar-refractivity contribution in [3.05, 3.63) is 46.1 Å². The molecule has 0 bridgehead atoms. The molecule has 0 radical (unpaired) electrons. The number of rotatable bonds is 7. The highest BCUT2D eigenvalue weighted by atomic mass is 32.2. The van der Waals surface area contributed by atoms with E-state index in [9.17, 15) is 10.1 Å². The summed E-state index contributed by atoms with van der Waals surface area (Å²) in [6.07, 6.45) is 2.36. The van der Waals surface area contributed by atoms with Gasteiger partial charge in [-0.2, -0.15) is 4.98 Å². The Bertz CT molecular complexity index is 949. The van der Waals surface area contributed by atoms with Gasteiger partial charge in [0.25, 0.3) is 5.69 Å². The molecule has 26 heavy (non-hydrogen) atoms. The zero-order valence-corrected chi connectivity index (χ0v) is 14.8. The van der Waals surface area contributed by atoms with E-state index in [4.69, 9.17) is 4.52 Å². The summed E-state index contributed by atoms with van der Waals surface area (Å²) in [7, 11) is 0. The molecule has 4 rings (SSSR count). The first-order chi connectivity index (χ1) is 12.7. The Morgan fingerprint density at radius 1 is 1.38 bits per heavy atom. The highest BCUT2D eigenvalue weighted by Gasteiger charge is 2.30. The van der Waals surface area contributed by atoms with Crippen LogP contribution >= 0.6 is 11.8 Å². The van der Waals surface area contributed by atoms with Crippen LogP contribution in [0.3, 0.4) is 0 Å². The fraction of sp³-hybridized carbons (Fsp3) is 0.375. The molecule has 0 atom stereocenters. The maximum atomic E-state index is 10.9. The molecule has 0 aliphatic heterocycles. The number of benzene rings is 1. The molecule has 9 nitrogen and oxygen atoms in total. The van der Waals surface area contributed by atoms with Crippen molar-refractivity contribution in [1.82, 2.24) is 24.9 Å². The topological polar surface area (TPSA) is 113 Å². The minimum Gasteiger partial charge on any atom is -0.338 e. The van der Waals surface area contributed by atoms with Crippen molar-refractivity contribution in [3.8, 4) is 11.4 Å². The summed E-state index contributed by atoms with van der Waals surface area (Å²) in [5.74, 6) is 2.83. The van der Waals surface area contributed by atoms with Crippen LogP contribution < -0.4 is 0 Å². The van der Waals surface area contributed by atoms with Gasteiger partial charge in [-0.1, -0.05) is 29.1 Å². The van der Waals surface area contributed by atoms with Crippen molar-refractivity contribution in [3.63, 3.8) is 0 Å². The Morgan fingerprint density at radius 3 is 2.96 bits per heavy atom. The highest BCUT2D eigenvalue weighted by Crippen LogP contribution is 2.40. The van der Waals surface area contributed by atoms with E-state index in [1.165, 1.54) is 36.7 Å². The monoisotopic (exact) mass is 372 g/mol. The van der Waals surface area contributed by atoms with Crippen LogP contribution in [0.1, 0.15) is 37.4 Å². The van der Waals surface area contributed by atoms with Gasteiger partial charge < -0.3 is 9.09 Å². The van der Waals surface area contributed by atoms with E-state index in [0.717, 1.165) is 17.5 Å². The van der Waals surface area contributed by atoms with E-state index in [-0.39, 0.29) is 5.69 Å². The SMILES string of the molecule is CCn1c(SCc2nc(-c3cccc([N+](=O)[O-])c3)no2)nnc1C1CC1. The largest absolute Gasteiger partial charge is 0.338 e. The maximum absolute atomic E-state index is 10.9. The van der Waals surface area contributed by atoms with E-state index in [1.807, 2.05) is 0 Å². The Labute approximate surface area is 153 Å². The second kappa shape index (κ2) is 6.87. The number of nitro groups is 1. The molecule has 2 heterocycles. The number of nitro benzene ring substituents is 1. The third-order valence-electron chi connectivity index (χ3n) is 4.11. The molecular weight excluding hydrogens is 356 g/mol. The van der Waals surface area contributed by atoms with Crippen LogP contribution in [-0.2, 0) is 12.3 Å². The van der Waals surface area contributed by atoms with E-state index in [1.54, 1.807) is 12.1 Å². The fourth-order valence-electron chi connectivity index (χ4n) is 2.66. The molecule has 2 aromatic heterocycles. The predicted octanol–water partition coefficient (Wildman–Crippen LogP) is 3.43. The molecule has 3 aromatic rings. The molecule has 134 valence electrons. The Balaban J connectivity index is 1.47. The molecule has 0 amide bonds. The smallest absolute Gasteiger partial charge is 0.270 e. The van der Waals surface area contributed by atoms with Gasteiger partial charge in [-0.05, 0) is 19.8 Å². The van der Waals surface area contributed by atoms with Crippen LogP contribution in [0.25, 0.3) is 11.4 Å². The van der Waals surface area contributed by atoms with Crippen molar-refractivity contribution in [2.24, 2.45) is 0 Å². The summed E-state index contributed by atoms with van der Waals surface area (Å²) in [6, 6.07) is 6.17. The lowest BCUT2D eigenvalue weighted by Crippen LogP contribution is -2.02. The zero-order chi connectivity index (χ0) is 18.1. The van der Waals surface area contributed by atoms with Gasteiger partial charge in [0.2, 0.25) is 11.7 Å². The lowest BCUT2D eigenvalue weighted by atomic mass is 10.2. The van der Waals surface area contributed by atoms with Crippen molar-refractivity contribution in [2.45, 2.75) is 43.1 Å². The Hall–Kier alpha value is -2.75. The van der Waals surface area contributed by atoms with Gasteiger partial charge in [0.1, 0.15) is 5.82 Å². The first-order valence-corrected chi connectivity index (χ1v) is 9.27. The van der Waals surface area contributed by atoms with Crippen molar-refractivity contribution in [2.75, 3.05) is 0 Å². The minimum atomic E-state index is -0.449. The molecule has 1 aliphatic carbocycles. The molecule has 10 heteroatoms. The number of non-ortho nitro benzene ring substituents is 1. The molecule has 1 saturated carbocycles. The van der Waals surface area contributed by atoms with Crippen molar-refractivity contribution >= 4 is 17.4 Å². The lowest BCUT2D eigenvalue weighted by Gasteiger charge is -2.04. The molecule has 1 aliphatic rings. The number of hydrogen-bond donors (Lipinski definition) is 0. The van der Waals surface area contributed by atoms with Crippen molar-refractivity contribution < 1.29 is 9.45 Å². The molecule has 1 aromatic carbocycles. The first-order valence-electron chi connectivity index (χ1n) is 8.29. The molecule has 0 unspecified atom stereocenters. The summed E-state index contributed by atoms with van der Waals surface area (Å²) in [5.41, 5.74) is 0.541.